The number of carbonyl (C=O) groups is 1. The highest BCUT2D eigenvalue weighted by atomic mass is 32.2. The summed E-state index contributed by atoms with van der Waals surface area (Å²) < 4.78 is 37.8. The van der Waals surface area contributed by atoms with Gasteiger partial charge in [0.25, 0.3) is 0 Å². The van der Waals surface area contributed by atoms with Gasteiger partial charge in [0.05, 0.1) is 18.6 Å². The van der Waals surface area contributed by atoms with Crippen molar-refractivity contribution in [3.05, 3.63) is 76.2 Å². The van der Waals surface area contributed by atoms with E-state index in [1.54, 1.807) is 39.2 Å². The molecule has 6 heteroatoms. The van der Waals surface area contributed by atoms with Gasteiger partial charge in [-0.05, 0) is 136 Å². The van der Waals surface area contributed by atoms with E-state index in [2.05, 4.69) is 31.2 Å². The summed E-state index contributed by atoms with van der Waals surface area (Å²) in [5.41, 5.74) is 4.43. The van der Waals surface area contributed by atoms with Crippen LogP contribution in [0.25, 0.3) is 5.57 Å². The molecule has 0 saturated heterocycles. The molecule has 0 spiro atoms. The average Bonchev–Trinajstić information content (AvgIpc) is 2.92. The van der Waals surface area contributed by atoms with Crippen molar-refractivity contribution in [2.24, 2.45) is 17.8 Å². The van der Waals surface area contributed by atoms with E-state index in [1.165, 1.54) is 61.8 Å². The quantitative estimate of drug-likeness (QED) is 0.220. The smallest absolute Gasteiger partial charge is 0.350 e. The molecule has 5 nitrogen and oxygen atoms in total. The summed E-state index contributed by atoms with van der Waals surface area (Å²) in [5.74, 6) is 2.77. The van der Waals surface area contributed by atoms with Gasteiger partial charge in [0.15, 0.2) is 4.91 Å². The third-order valence-corrected chi connectivity index (χ3v) is 11.4. The van der Waals surface area contributed by atoms with Crippen LogP contribution < -0.4 is 4.74 Å². The second-order valence-corrected chi connectivity index (χ2v) is 14.1. The summed E-state index contributed by atoms with van der Waals surface area (Å²) in [6.45, 7) is 5.62. The van der Waals surface area contributed by atoms with Gasteiger partial charge in [-0.2, -0.15) is 0 Å². The van der Waals surface area contributed by atoms with Crippen molar-refractivity contribution < 1.29 is 22.7 Å². The maximum Gasteiger partial charge on any atom is 0.350 e. The van der Waals surface area contributed by atoms with Crippen LogP contribution in [0.4, 0.5) is 0 Å². The number of hydrogen-bond donors (Lipinski definition) is 0. The Bertz CT molecular complexity index is 1380. The van der Waals surface area contributed by atoms with E-state index in [1.807, 2.05) is 0 Å². The first-order valence-corrected chi connectivity index (χ1v) is 16.2. The largest absolute Gasteiger partial charge is 0.496 e. The van der Waals surface area contributed by atoms with Crippen LogP contribution in [0.5, 0.6) is 5.75 Å². The summed E-state index contributed by atoms with van der Waals surface area (Å²) >= 11 is 0. The molecule has 0 radical (unpaired) electrons. The lowest BCUT2D eigenvalue weighted by Crippen LogP contribution is -2.48. The highest BCUT2D eigenvalue weighted by Gasteiger charge is 2.52. The summed E-state index contributed by atoms with van der Waals surface area (Å²) in [6.07, 6.45) is 11.2. The van der Waals surface area contributed by atoms with E-state index >= 15 is 0 Å². The lowest BCUT2D eigenvalue weighted by molar-refractivity contribution is -0.137. The third kappa shape index (κ3) is 5.52. The van der Waals surface area contributed by atoms with Gasteiger partial charge in [0, 0.05) is 5.56 Å². The Morgan fingerprint density at radius 1 is 0.975 bits per heavy atom. The number of carbonyl (C=O) groups excluding carboxylic acids is 1. The number of benzene rings is 2. The van der Waals surface area contributed by atoms with E-state index in [4.69, 9.17) is 9.47 Å². The number of sulfone groups is 1. The molecule has 0 amide bonds. The summed E-state index contributed by atoms with van der Waals surface area (Å²) in [6, 6.07) is 14.7. The summed E-state index contributed by atoms with van der Waals surface area (Å²) in [4.78, 5) is 12.6. The van der Waals surface area contributed by atoms with Gasteiger partial charge >= 0.3 is 5.97 Å². The molecule has 0 aliphatic heterocycles. The number of allylic oxidation sites excluding steroid dienone is 3. The zero-order chi connectivity index (χ0) is 28.5. The zero-order valence-electron chi connectivity index (χ0n) is 24.2. The molecule has 2 aromatic rings. The minimum Gasteiger partial charge on any atom is -0.496 e. The maximum atomic E-state index is 13.4. The first kappa shape index (κ1) is 28.7. The van der Waals surface area contributed by atoms with Crippen molar-refractivity contribution in [1.82, 2.24) is 0 Å². The van der Waals surface area contributed by atoms with Crippen LogP contribution in [0, 0.1) is 17.8 Å². The van der Waals surface area contributed by atoms with E-state index < -0.39 is 15.8 Å². The molecule has 4 aliphatic rings. The molecule has 40 heavy (non-hydrogen) atoms. The molecule has 0 unspecified atom stereocenters. The van der Waals surface area contributed by atoms with Crippen LogP contribution in [0.1, 0.15) is 83.3 Å². The minimum absolute atomic E-state index is 0.0968. The molecule has 0 aromatic heterocycles. The SMILES string of the molecule is CCOC(=O)C(=C(C)CCC=C(C)c1ccc(OC)c(C23CC4CC(CC(C4)C2)C3)c1)S(=O)(=O)c1ccccc1. The van der Waals surface area contributed by atoms with Crippen molar-refractivity contribution in [2.75, 3.05) is 13.7 Å². The van der Waals surface area contributed by atoms with Crippen LogP contribution in [0.2, 0.25) is 0 Å². The Balaban J connectivity index is 1.39. The van der Waals surface area contributed by atoms with Crippen LogP contribution in [0.15, 0.2) is 70.0 Å². The molecule has 4 bridgehead atoms. The molecule has 4 fully saturated rings. The van der Waals surface area contributed by atoms with Gasteiger partial charge in [-0.15, -0.1) is 0 Å². The van der Waals surface area contributed by atoms with Gasteiger partial charge in [-0.25, -0.2) is 13.2 Å². The van der Waals surface area contributed by atoms with Gasteiger partial charge in [0.1, 0.15) is 5.75 Å². The molecular weight excluding hydrogens is 520 g/mol. The van der Waals surface area contributed by atoms with Gasteiger partial charge in [0.2, 0.25) is 9.84 Å². The molecule has 4 aliphatic carbocycles. The average molecular weight is 563 g/mol. The fourth-order valence-corrected chi connectivity index (χ4v) is 9.56. The monoisotopic (exact) mass is 562 g/mol. The second kappa shape index (κ2) is 11.6. The molecule has 0 atom stereocenters. The second-order valence-electron chi connectivity index (χ2n) is 12.2. The van der Waals surface area contributed by atoms with Crippen LogP contribution in [-0.4, -0.2) is 28.1 Å². The highest BCUT2D eigenvalue weighted by Crippen LogP contribution is 2.62. The predicted octanol–water partition coefficient (Wildman–Crippen LogP) is 7.66. The Morgan fingerprint density at radius 3 is 2.17 bits per heavy atom. The first-order chi connectivity index (χ1) is 19.2. The number of methoxy groups -OCH3 is 1. The lowest BCUT2D eigenvalue weighted by Gasteiger charge is -2.57. The molecule has 4 saturated carbocycles. The normalized spacial score (nSPS) is 26.4. The Labute approximate surface area is 239 Å². The van der Waals surface area contributed by atoms with Crippen molar-refractivity contribution in [3.8, 4) is 5.75 Å². The third-order valence-electron chi connectivity index (χ3n) is 9.40. The van der Waals surface area contributed by atoms with Crippen molar-refractivity contribution in [2.45, 2.75) is 82.4 Å². The number of ether oxygens (including phenoxy) is 2. The highest BCUT2D eigenvalue weighted by molar-refractivity contribution is 7.96. The summed E-state index contributed by atoms with van der Waals surface area (Å²) in [7, 11) is -2.21. The van der Waals surface area contributed by atoms with Crippen LogP contribution in [-0.2, 0) is 24.8 Å². The molecule has 2 aromatic carbocycles. The molecule has 214 valence electrons. The fraction of sp³-hybridized carbons (Fsp3) is 0.500. The standard InChI is InChI=1S/C34H42O5S/c1-5-39-33(35)32(40(36,37)29-12-7-6-8-13-29)24(3)11-9-10-23(2)28-14-15-31(38-4)30(19-28)34-20-25-16-26(21-34)18-27(17-25)22-34/h6-8,10,12-15,19,25-27H,5,9,11,16-18,20-22H2,1-4H3. The number of esters is 1. The van der Waals surface area contributed by atoms with Gasteiger partial charge in [-0.1, -0.05) is 30.3 Å². The van der Waals surface area contributed by atoms with E-state index in [0.717, 1.165) is 29.1 Å². The minimum atomic E-state index is -3.99. The molecular formula is C34H42O5S. The van der Waals surface area contributed by atoms with Crippen LogP contribution >= 0.6 is 0 Å². The van der Waals surface area contributed by atoms with Crippen molar-refractivity contribution in [1.29, 1.82) is 0 Å². The maximum absolute atomic E-state index is 13.4. The number of rotatable bonds is 10. The Morgan fingerprint density at radius 2 is 1.60 bits per heavy atom. The van der Waals surface area contributed by atoms with Gasteiger partial charge < -0.3 is 9.47 Å². The fourth-order valence-electron chi connectivity index (χ4n) is 7.97. The first-order valence-electron chi connectivity index (χ1n) is 14.7. The zero-order valence-corrected chi connectivity index (χ0v) is 25.1. The topological polar surface area (TPSA) is 69.7 Å². The van der Waals surface area contributed by atoms with E-state index in [0.29, 0.717) is 18.4 Å². The van der Waals surface area contributed by atoms with E-state index in [9.17, 15) is 13.2 Å². The molecule has 6 rings (SSSR count). The van der Waals surface area contributed by atoms with Gasteiger partial charge in [-0.3, -0.25) is 0 Å². The molecule has 0 heterocycles. The molecule has 0 N–H and O–H groups in total. The number of hydrogen-bond acceptors (Lipinski definition) is 5. The Hall–Kier alpha value is -2.86. The van der Waals surface area contributed by atoms with Crippen molar-refractivity contribution in [3.63, 3.8) is 0 Å². The summed E-state index contributed by atoms with van der Waals surface area (Å²) in [5, 5.41) is 0. The van der Waals surface area contributed by atoms with Crippen molar-refractivity contribution >= 4 is 21.4 Å². The Kier molecular flexibility index (Phi) is 8.28. The lowest BCUT2D eigenvalue weighted by atomic mass is 9.48. The van der Waals surface area contributed by atoms with Crippen LogP contribution in [0.3, 0.4) is 0 Å². The van der Waals surface area contributed by atoms with E-state index in [-0.39, 0.29) is 21.8 Å². The predicted molar refractivity (Wildman–Crippen MR) is 159 cm³/mol.